The molecule has 2 rings (SSSR count). The number of benzene rings is 2. The van der Waals surface area contributed by atoms with E-state index in [1.54, 1.807) is 36.4 Å². The number of rotatable bonds is 9. The summed E-state index contributed by atoms with van der Waals surface area (Å²) in [4.78, 5) is 1.24. The van der Waals surface area contributed by atoms with Gasteiger partial charge in [0.15, 0.2) is 0 Å². The van der Waals surface area contributed by atoms with Gasteiger partial charge in [-0.3, -0.25) is 0 Å². The van der Waals surface area contributed by atoms with Crippen molar-refractivity contribution in [3.05, 3.63) is 57.6 Å². The highest BCUT2D eigenvalue weighted by Gasteiger charge is 2.18. The van der Waals surface area contributed by atoms with Gasteiger partial charge >= 0.3 is 0 Å². The molecule has 0 saturated carbocycles. The minimum atomic E-state index is -0.0470. The molecule has 0 radical (unpaired) electrons. The van der Waals surface area contributed by atoms with Gasteiger partial charge in [-0.25, -0.2) is 0 Å². The highest BCUT2D eigenvalue weighted by Crippen LogP contribution is 2.40. The Bertz CT molecular complexity index is 1040. The average molecular weight is 471 g/mol. The lowest BCUT2D eigenvalue weighted by Gasteiger charge is -2.13. The number of nitrogens with two attached hydrogens (primary N) is 2. The van der Waals surface area contributed by atoms with E-state index < -0.39 is 0 Å². The van der Waals surface area contributed by atoms with Crippen molar-refractivity contribution in [1.82, 2.24) is 0 Å². The van der Waals surface area contributed by atoms with Gasteiger partial charge < -0.3 is 30.4 Å². The van der Waals surface area contributed by atoms with Gasteiger partial charge in [0, 0.05) is 0 Å². The van der Waals surface area contributed by atoms with Crippen LogP contribution in [-0.2, 0) is 0 Å². The second-order valence-corrected chi connectivity index (χ2v) is 8.11. The van der Waals surface area contributed by atoms with Crippen LogP contribution in [0.15, 0.2) is 67.4 Å². The van der Waals surface area contributed by atoms with E-state index in [0.717, 1.165) is 23.5 Å². The Morgan fingerprint density at radius 1 is 0.688 bits per heavy atom. The molecule has 0 atom stereocenters. The van der Waals surface area contributed by atoms with Gasteiger partial charge in [0.1, 0.15) is 46.3 Å². The summed E-state index contributed by atoms with van der Waals surface area (Å²) in [5.74, 6) is 2.27. The zero-order valence-electron chi connectivity index (χ0n) is 18.0. The molecule has 166 valence electrons. The van der Waals surface area contributed by atoms with Crippen LogP contribution in [0, 0.1) is 22.7 Å². The third-order valence-electron chi connectivity index (χ3n) is 4.15. The molecule has 0 saturated heterocycles. The maximum Gasteiger partial charge on any atom is 0.133 e. The molecular formula is C22H22N4O4S2. The lowest BCUT2D eigenvalue weighted by Crippen LogP contribution is -2.05. The number of allylic oxidation sites excluding steroid dienone is 2. The number of hydrogen-bond acceptors (Lipinski definition) is 10. The summed E-state index contributed by atoms with van der Waals surface area (Å²) >= 11 is 2.15. The van der Waals surface area contributed by atoms with Crippen LogP contribution in [0.25, 0.3) is 0 Å². The quantitative estimate of drug-likeness (QED) is 0.314. The minimum absolute atomic E-state index is 0.0470. The first kappa shape index (κ1) is 24.7. The van der Waals surface area contributed by atoms with Gasteiger partial charge in [-0.15, -0.1) is 0 Å². The van der Waals surface area contributed by atoms with Gasteiger partial charge in [0.25, 0.3) is 0 Å². The van der Waals surface area contributed by atoms with Crippen molar-refractivity contribution in [2.24, 2.45) is 11.5 Å². The molecule has 0 amide bonds. The van der Waals surface area contributed by atoms with Crippen molar-refractivity contribution in [3.8, 4) is 35.1 Å². The van der Waals surface area contributed by atoms with Crippen LogP contribution in [0.5, 0.6) is 23.0 Å². The lowest BCUT2D eigenvalue weighted by molar-refractivity contribution is 0.394. The molecule has 2 aromatic rings. The summed E-state index contributed by atoms with van der Waals surface area (Å²) < 4.78 is 21.2. The van der Waals surface area contributed by atoms with E-state index in [-0.39, 0.29) is 21.2 Å². The Kier molecular flexibility index (Phi) is 9.02. The van der Waals surface area contributed by atoms with Gasteiger partial charge in [0.05, 0.1) is 48.3 Å². The molecule has 10 heteroatoms. The SMILES string of the molecule is COc1ccc(OC)c(S/C(N)=C(C#N)/C(C#N)=C(\N)Sc2cc(OC)ccc2OC)c1. The van der Waals surface area contributed by atoms with Crippen LogP contribution < -0.4 is 30.4 Å². The third-order valence-corrected chi connectivity index (χ3v) is 6.07. The van der Waals surface area contributed by atoms with Crippen molar-refractivity contribution >= 4 is 23.5 Å². The van der Waals surface area contributed by atoms with E-state index in [2.05, 4.69) is 0 Å². The Labute approximate surface area is 195 Å². The Balaban J connectivity index is 2.49. The second-order valence-electron chi connectivity index (χ2n) is 5.94. The second kappa shape index (κ2) is 11.7. The molecule has 0 aromatic heterocycles. The molecule has 0 unspecified atom stereocenters. The van der Waals surface area contributed by atoms with E-state index in [1.807, 2.05) is 12.1 Å². The zero-order chi connectivity index (χ0) is 23.7. The van der Waals surface area contributed by atoms with E-state index in [4.69, 9.17) is 30.4 Å². The molecule has 4 N–H and O–H groups in total. The summed E-state index contributed by atoms with van der Waals surface area (Å²) in [7, 11) is 6.12. The van der Waals surface area contributed by atoms with Gasteiger partial charge in [-0.1, -0.05) is 23.5 Å². The van der Waals surface area contributed by atoms with Crippen molar-refractivity contribution in [1.29, 1.82) is 10.5 Å². The average Bonchev–Trinajstić information content (AvgIpc) is 2.81. The van der Waals surface area contributed by atoms with Crippen LogP contribution >= 0.6 is 23.5 Å². The molecule has 0 aliphatic heterocycles. The first-order valence-electron chi connectivity index (χ1n) is 9.02. The number of thioether (sulfide) groups is 2. The molecule has 2 aromatic carbocycles. The smallest absolute Gasteiger partial charge is 0.133 e. The summed E-state index contributed by atoms with van der Waals surface area (Å²) in [6.45, 7) is 0. The maximum absolute atomic E-state index is 9.75. The summed E-state index contributed by atoms with van der Waals surface area (Å²) in [5.41, 5.74) is 12.3. The highest BCUT2D eigenvalue weighted by molar-refractivity contribution is 8.03. The fraction of sp³-hybridized carbons (Fsp3) is 0.182. The number of nitrogens with zero attached hydrogens (tertiary/aromatic N) is 2. The predicted octanol–water partition coefficient (Wildman–Crippen LogP) is 3.99. The van der Waals surface area contributed by atoms with Crippen LogP contribution in [0.1, 0.15) is 0 Å². The first-order valence-corrected chi connectivity index (χ1v) is 10.6. The fourth-order valence-electron chi connectivity index (χ4n) is 2.53. The monoisotopic (exact) mass is 470 g/mol. The normalized spacial score (nSPS) is 11.9. The van der Waals surface area contributed by atoms with E-state index in [1.165, 1.54) is 28.4 Å². The Hall–Kier alpha value is -3.60. The largest absolute Gasteiger partial charge is 0.497 e. The van der Waals surface area contributed by atoms with Crippen molar-refractivity contribution < 1.29 is 18.9 Å². The Morgan fingerprint density at radius 3 is 1.34 bits per heavy atom. The maximum atomic E-state index is 9.75. The van der Waals surface area contributed by atoms with Crippen LogP contribution in [0.3, 0.4) is 0 Å². The van der Waals surface area contributed by atoms with E-state index in [0.29, 0.717) is 32.8 Å². The van der Waals surface area contributed by atoms with Crippen LogP contribution in [0.2, 0.25) is 0 Å². The third kappa shape index (κ3) is 5.76. The number of methoxy groups -OCH3 is 4. The van der Waals surface area contributed by atoms with Crippen LogP contribution in [-0.4, -0.2) is 28.4 Å². The standard InChI is InChI=1S/C22H22N4O4S2/c1-27-13-5-7-17(29-3)19(9-13)31-21(25)15(11-23)16(12-24)22(26)32-20-10-14(28-2)6-8-18(20)30-4/h5-10H,25-26H2,1-4H3/b21-15+,22-16+. The molecule has 8 nitrogen and oxygen atoms in total. The van der Waals surface area contributed by atoms with Crippen LogP contribution in [0.4, 0.5) is 0 Å². The van der Waals surface area contributed by atoms with Crippen molar-refractivity contribution in [3.63, 3.8) is 0 Å². The molecule has 0 heterocycles. The molecular weight excluding hydrogens is 448 g/mol. The summed E-state index contributed by atoms with van der Waals surface area (Å²) in [5, 5.41) is 19.7. The zero-order valence-corrected chi connectivity index (χ0v) is 19.6. The summed E-state index contributed by atoms with van der Waals surface area (Å²) in [6.07, 6.45) is 0. The molecule has 0 aliphatic rings. The molecule has 0 aliphatic carbocycles. The van der Waals surface area contributed by atoms with Gasteiger partial charge in [0.2, 0.25) is 0 Å². The Morgan fingerprint density at radius 2 is 1.06 bits per heavy atom. The minimum Gasteiger partial charge on any atom is -0.497 e. The van der Waals surface area contributed by atoms with Crippen molar-refractivity contribution in [2.45, 2.75) is 9.79 Å². The molecule has 0 spiro atoms. The predicted molar refractivity (Wildman–Crippen MR) is 124 cm³/mol. The van der Waals surface area contributed by atoms with Crippen molar-refractivity contribution in [2.75, 3.05) is 28.4 Å². The van der Waals surface area contributed by atoms with Gasteiger partial charge in [-0.05, 0) is 36.4 Å². The number of nitriles is 2. The topological polar surface area (TPSA) is 137 Å². The number of ether oxygens (including phenoxy) is 4. The lowest BCUT2D eigenvalue weighted by atomic mass is 10.1. The molecule has 0 fully saturated rings. The fourth-order valence-corrected chi connectivity index (χ4v) is 4.36. The molecule has 32 heavy (non-hydrogen) atoms. The first-order chi connectivity index (χ1) is 15.4. The van der Waals surface area contributed by atoms with E-state index >= 15 is 0 Å². The van der Waals surface area contributed by atoms with E-state index in [9.17, 15) is 10.5 Å². The molecule has 0 bridgehead atoms. The summed E-state index contributed by atoms with van der Waals surface area (Å²) in [6, 6.07) is 14.4. The highest BCUT2D eigenvalue weighted by atomic mass is 32.2. The van der Waals surface area contributed by atoms with Gasteiger partial charge in [-0.2, -0.15) is 10.5 Å². The number of hydrogen-bond donors (Lipinski definition) is 2.